The molecular weight excluding hydrogens is 488 g/mol. The molecule has 214 valence electrons. The SMILES string of the molecule is CC(=O)/C=C1/[C@@]2(C)C=C(C#N)C(=O)[C@@](C)(O)[C@@H]2CC[C@@]1(C)[C@]1(C)CC[C@@]2(C(=O)N(C)C)CCC(C)(C)CC2C1. The van der Waals surface area contributed by atoms with E-state index in [2.05, 4.69) is 27.7 Å². The number of aliphatic hydroxyl groups is 1. The van der Waals surface area contributed by atoms with E-state index in [1.54, 1.807) is 24.0 Å². The molecule has 0 saturated heterocycles. The molecule has 3 fully saturated rings. The largest absolute Gasteiger partial charge is 0.382 e. The van der Waals surface area contributed by atoms with E-state index in [-0.39, 0.29) is 39.4 Å². The summed E-state index contributed by atoms with van der Waals surface area (Å²) in [5.41, 5.74) is -2.41. The molecule has 1 N–H and O–H groups in total. The predicted octanol–water partition coefficient (Wildman–Crippen LogP) is 5.80. The smallest absolute Gasteiger partial charge is 0.228 e. The summed E-state index contributed by atoms with van der Waals surface area (Å²) in [7, 11) is 3.74. The van der Waals surface area contributed by atoms with Gasteiger partial charge in [-0.15, -0.1) is 0 Å². The molecule has 0 aromatic rings. The van der Waals surface area contributed by atoms with E-state index in [1.807, 2.05) is 27.1 Å². The summed E-state index contributed by atoms with van der Waals surface area (Å²) in [6.07, 6.45) is 10.3. The average Bonchev–Trinajstić information content (AvgIpc) is 2.82. The Morgan fingerprint density at radius 2 is 1.64 bits per heavy atom. The van der Waals surface area contributed by atoms with Crippen LogP contribution in [0.2, 0.25) is 0 Å². The van der Waals surface area contributed by atoms with Crippen LogP contribution in [-0.2, 0) is 14.4 Å². The van der Waals surface area contributed by atoms with Crippen LogP contribution in [0.5, 0.6) is 0 Å². The van der Waals surface area contributed by atoms with Crippen molar-refractivity contribution < 1.29 is 19.5 Å². The van der Waals surface area contributed by atoms with Gasteiger partial charge in [0.1, 0.15) is 11.7 Å². The normalized spacial score (nSPS) is 44.5. The van der Waals surface area contributed by atoms with E-state index in [4.69, 9.17) is 0 Å². The van der Waals surface area contributed by atoms with Crippen LogP contribution in [0.1, 0.15) is 99.8 Å². The number of carbonyl (C=O) groups excluding carboxylic acids is 3. The number of hydrogen-bond donors (Lipinski definition) is 1. The number of ketones is 2. The first kappa shape index (κ1) is 29.7. The molecule has 0 spiro atoms. The van der Waals surface area contributed by atoms with Crippen molar-refractivity contribution in [2.75, 3.05) is 14.1 Å². The first-order valence-corrected chi connectivity index (χ1v) is 14.6. The summed E-state index contributed by atoms with van der Waals surface area (Å²) in [5.74, 6) is -0.551. The molecule has 1 amide bonds. The van der Waals surface area contributed by atoms with Crippen LogP contribution in [-0.4, -0.2) is 47.2 Å². The summed E-state index contributed by atoms with van der Waals surface area (Å²) >= 11 is 0. The van der Waals surface area contributed by atoms with Crippen molar-refractivity contribution in [3.63, 3.8) is 0 Å². The number of nitrogens with zero attached hydrogens (tertiary/aromatic N) is 2. The Kier molecular flexibility index (Phi) is 6.96. The quantitative estimate of drug-likeness (QED) is 0.460. The van der Waals surface area contributed by atoms with Gasteiger partial charge in [0, 0.05) is 25.4 Å². The summed E-state index contributed by atoms with van der Waals surface area (Å²) in [6, 6.07) is 2.03. The van der Waals surface area contributed by atoms with Gasteiger partial charge in [0.15, 0.2) is 5.78 Å². The minimum Gasteiger partial charge on any atom is -0.382 e. The van der Waals surface area contributed by atoms with Crippen LogP contribution < -0.4 is 0 Å². The molecule has 0 aliphatic heterocycles. The molecule has 4 rings (SSSR count). The van der Waals surface area contributed by atoms with Gasteiger partial charge in [0.2, 0.25) is 11.7 Å². The molecule has 3 saturated carbocycles. The first-order chi connectivity index (χ1) is 17.8. The minimum absolute atomic E-state index is 0.0316. The zero-order valence-electron chi connectivity index (χ0n) is 25.5. The van der Waals surface area contributed by atoms with E-state index in [1.165, 1.54) is 6.92 Å². The third-order valence-corrected chi connectivity index (χ3v) is 11.9. The minimum atomic E-state index is -1.68. The topological polar surface area (TPSA) is 98.5 Å². The van der Waals surface area contributed by atoms with Gasteiger partial charge in [-0.2, -0.15) is 5.26 Å². The Balaban J connectivity index is 1.86. The number of carbonyl (C=O) groups is 3. The summed E-state index contributed by atoms with van der Waals surface area (Å²) < 4.78 is 0. The maximum atomic E-state index is 13.7. The molecule has 39 heavy (non-hydrogen) atoms. The van der Waals surface area contributed by atoms with Crippen LogP contribution in [0, 0.1) is 50.2 Å². The Bertz CT molecular complexity index is 1200. The van der Waals surface area contributed by atoms with Gasteiger partial charge in [-0.05, 0) is 93.5 Å². The zero-order valence-corrected chi connectivity index (χ0v) is 25.5. The van der Waals surface area contributed by atoms with Gasteiger partial charge in [0.25, 0.3) is 0 Å². The lowest BCUT2D eigenvalue weighted by Gasteiger charge is -2.65. The average molecular weight is 537 g/mol. The number of nitriles is 1. The second-order valence-corrected chi connectivity index (χ2v) is 15.2. The number of Topliss-reactive ketones (excluding diaryl/α,β-unsaturated/α-hetero) is 1. The van der Waals surface area contributed by atoms with Crippen molar-refractivity contribution in [2.24, 2.45) is 38.9 Å². The third-order valence-electron chi connectivity index (χ3n) is 11.9. The summed E-state index contributed by atoms with van der Waals surface area (Å²) in [5, 5.41) is 21.3. The number of amides is 1. The van der Waals surface area contributed by atoms with Crippen LogP contribution in [0.3, 0.4) is 0 Å². The highest BCUT2D eigenvalue weighted by atomic mass is 16.3. The molecule has 0 radical (unpaired) electrons. The number of allylic oxidation sites excluding steroid dienone is 3. The van der Waals surface area contributed by atoms with Crippen LogP contribution >= 0.6 is 0 Å². The highest BCUT2D eigenvalue weighted by Gasteiger charge is 2.65. The lowest BCUT2D eigenvalue weighted by molar-refractivity contribution is -0.163. The Morgan fingerprint density at radius 1 is 1.03 bits per heavy atom. The van der Waals surface area contributed by atoms with Gasteiger partial charge in [-0.1, -0.05) is 46.3 Å². The van der Waals surface area contributed by atoms with Crippen molar-refractivity contribution in [2.45, 2.75) is 105 Å². The molecule has 6 nitrogen and oxygen atoms in total. The Morgan fingerprint density at radius 3 is 2.21 bits per heavy atom. The summed E-state index contributed by atoms with van der Waals surface area (Å²) in [6.45, 7) is 14.3. The fraction of sp³-hybridized carbons (Fsp3) is 0.758. The molecule has 0 bridgehead atoms. The van der Waals surface area contributed by atoms with Crippen molar-refractivity contribution in [1.29, 1.82) is 5.26 Å². The van der Waals surface area contributed by atoms with E-state index >= 15 is 0 Å². The lowest BCUT2D eigenvalue weighted by atomic mass is 9.39. The molecule has 7 atom stereocenters. The zero-order chi connectivity index (χ0) is 29.4. The fourth-order valence-corrected chi connectivity index (χ4v) is 9.52. The third kappa shape index (κ3) is 4.26. The van der Waals surface area contributed by atoms with Crippen molar-refractivity contribution >= 4 is 17.5 Å². The Hall–Kier alpha value is -2.26. The fourth-order valence-electron chi connectivity index (χ4n) is 9.52. The van der Waals surface area contributed by atoms with E-state index < -0.39 is 28.1 Å². The maximum Gasteiger partial charge on any atom is 0.228 e. The molecule has 0 aromatic carbocycles. The molecule has 1 unspecified atom stereocenters. The van der Waals surface area contributed by atoms with Gasteiger partial charge in [-0.25, -0.2) is 0 Å². The first-order valence-electron chi connectivity index (χ1n) is 14.6. The predicted molar refractivity (Wildman–Crippen MR) is 151 cm³/mol. The maximum absolute atomic E-state index is 13.7. The second kappa shape index (κ2) is 9.13. The van der Waals surface area contributed by atoms with Gasteiger partial charge >= 0.3 is 0 Å². The van der Waals surface area contributed by atoms with Gasteiger partial charge in [-0.3, -0.25) is 14.4 Å². The highest BCUT2D eigenvalue weighted by Crippen LogP contribution is 2.70. The van der Waals surface area contributed by atoms with E-state index in [0.717, 1.165) is 50.5 Å². The van der Waals surface area contributed by atoms with Crippen molar-refractivity contribution in [3.8, 4) is 6.07 Å². The van der Waals surface area contributed by atoms with Crippen LogP contribution in [0.15, 0.2) is 23.3 Å². The highest BCUT2D eigenvalue weighted by molar-refractivity contribution is 6.06. The van der Waals surface area contributed by atoms with E-state index in [0.29, 0.717) is 6.42 Å². The molecule has 4 aliphatic carbocycles. The molecule has 0 aromatic heterocycles. The second-order valence-electron chi connectivity index (χ2n) is 15.2. The van der Waals surface area contributed by atoms with E-state index in [9.17, 15) is 24.8 Å². The molecule has 6 heteroatoms. The number of fused-ring (bicyclic) bond motifs is 2. The van der Waals surface area contributed by atoms with Crippen LogP contribution in [0.4, 0.5) is 0 Å². The van der Waals surface area contributed by atoms with Crippen molar-refractivity contribution in [3.05, 3.63) is 23.3 Å². The molecule has 4 aliphatic rings. The number of rotatable bonds is 3. The number of hydrogen-bond acceptors (Lipinski definition) is 5. The standard InChI is InChI=1S/C33H48N2O4/c1-21(36)16-25-30(5)17-22(20-34)26(37)32(7,39)24(30)10-11-31(25,6)29(4)13-15-33(27(38)35(8)9)14-12-28(2,3)18-23(33)19-29/h16-17,23-24,39H,10-15,18-19H2,1-9H3/b25-16-/t23?,24-,29-,30+,31-,32+,33+/m1/s1. The summed E-state index contributed by atoms with van der Waals surface area (Å²) in [4.78, 5) is 41.3. The van der Waals surface area contributed by atoms with Crippen molar-refractivity contribution in [1.82, 2.24) is 4.90 Å². The van der Waals surface area contributed by atoms with Gasteiger partial charge in [0.05, 0.1) is 11.0 Å². The monoisotopic (exact) mass is 536 g/mol. The molecule has 0 heterocycles. The van der Waals surface area contributed by atoms with Crippen LogP contribution in [0.25, 0.3) is 0 Å². The lowest BCUT2D eigenvalue weighted by Crippen LogP contribution is -2.61. The Labute approximate surface area is 234 Å². The van der Waals surface area contributed by atoms with Gasteiger partial charge < -0.3 is 10.0 Å². The molecular formula is C33H48N2O4.